The number of benzene rings is 1. The minimum absolute atomic E-state index is 0.0738. The van der Waals surface area contributed by atoms with Crippen molar-refractivity contribution in [1.29, 1.82) is 0 Å². The molecule has 18 heavy (non-hydrogen) atoms. The van der Waals surface area contributed by atoms with Gasteiger partial charge in [0.05, 0.1) is 25.3 Å². The predicted molar refractivity (Wildman–Crippen MR) is 66.1 cm³/mol. The number of alkyl halides is 1. The third kappa shape index (κ3) is 2.22. The van der Waals surface area contributed by atoms with Crippen molar-refractivity contribution in [3.05, 3.63) is 17.9 Å². The van der Waals surface area contributed by atoms with Gasteiger partial charge in [-0.2, -0.15) is 0 Å². The van der Waals surface area contributed by atoms with E-state index in [4.69, 9.17) is 21.1 Å². The molecule has 4 nitrogen and oxygen atoms in total. The Morgan fingerprint density at radius 3 is 2.50 bits per heavy atom. The maximum Gasteiger partial charge on any atom is 0.228 e. The summed E-state index contributed by atoms with van der Waals surface area (Å²) in [6.07, 6.45) is 0.248. The highest BCUT2D eigenvalue weighted by atomic mass is 35.5. The highest BCUT2D eigenvalue weighted by Crippen LogP contribution is 2.37. The minimum atomic E-state index is -0.542. The molecule has 0 aliphatic carbocycles. The number of amides is 1. The van der Waals surface area contributed by atoms with Crippen LogP contribution in [0.1, 0.15) is 6.42 Å². The molecule has 1 aromatic rings. The summed E-state index contributed by atoms with van der Waals surface area (Å²) in [5, 5.41) is -0.257. The van der Waals surface area contributed by atoms with Crippen LogP contribution in [0.5, 0.6) is 11.5 Å². The van der Waals surface area contributed by atoms with E-state index >= 15 is 0 Å². The Balaban J connectivity index is 2.44. The van der Waals surface area contributed by atoms with Crippen LogP contribution in [0.4, 0.5) is 10.1 Å². The monoisotopic (exact) mass is 273 g/mol. The van der Waals surface area contributed by atoms with Crippen LogP contribution < -0.4 is 14.4 Å². The molecule has 1 atom stereocenters. The average Bonchev–Trinajstić information content (AvgIpc) is 2.68. The molecule has 0 saturated carbocycles. The van der Waals surface area contributed by atoms with Gasteiger partial charge in [-0.3, -0.25) is 4.79 Å². The Morgan fingerprint density at radius 2 is 2.00 bits per heavy atom. The summed E-state index contributed by atoms with van der Waals surface area (Å²) >= 11 is 5.92. The van der Waals surface area contributed by atoms with E-state index in [1.807, 2.05) is 0 Å². The van der Waals surface area contributed by atoms with Gasteiger partial charge in [-0.05, 0) is 0 Å². The zero-order chi connectivity index (χ0) is 13.3. The zero-order valence-corrected chi connectivity index (χ0v) is 10.8. The summed E-state index contributed by atoms with van der Waals surface area (Å²) in [5.74, 6) is -0.228. The molecule has 1 aliphatic heterocycles. The standard InChI is InChI=1S/C12H13ClFNO3/c1-17-10-5-11(18-2)9(4-8(10)14)15-6-7(13)3-12(15)16/h4-5,7H,3,6H2,1-2H3. The molecular weight excluding hydrogens is 261 g/mol. The van der Waals surface area contributed by atoms with Crippen molar-refractivity contribution < 1.29 is 18.7 Å². The second kappa shape index (κ2) is 5.02. The van der Waals surface area contributed by atoms with Gasteiger partial charge < -0.3 is 14.4 Å². The van der Waals surface area contributed by atoms with Gasteiger partial charge in [-0.15, -0.1) is 11.6 Å². The minimum Gasteiger partial charge on any atom is -0.494 e. The molecule has 0 bridgehead atoms. The van der Waals surface area contributed by atoms with E-state index in [1.54, 1.807) is 0 Å². The summed E-state index contributed by atoms with van der Waals surface area (Å²) in [5.41, 5.74) is 0.379. The van der Waals surface area contributed by atoms with Crippen molar-refractivity contribution in [2.75, 3.05) is 25.7 Å². The van der Waals surface area contributed by atoms with Gasteiger partial charge >= 0.3 is 0 Å². The Hall–Kier alpha value is -1.49. The number of methoxy groups -OCH3 is 2. The highest BCUT2D eigenvalue weighted by molar-refractivity contribution is 6.24. The molecule has 1 heterocycles. The Labute approximate surface area is 109 Å². The first-order valence-corrected chi connectivity index (χ1v) is 5.86. The molecule has 1 aromatic carbocycles. The van der Waals surface area contributed by atoms with Crippen LogP contribution in [0.15, 0.2) is 12.1 Å². The number of ether oxygens (including phenoxy) is 2. The quantitative estimate of drug-likeness (QED) is 0.793. The zero-order valence-electron chi connectivity index (χ0n) is 10.1. The molecule has 6 heteroatoms. The first-order chi connectivity index (χ1) is 8.56. The van der Waals surface area contributed by atoms with Crippen LogP contribution >= 0.6 is 11.6 Å². The van der Waals surface area contributed by atoms with Gasteiger partial charge in [0.2, 0.25) is 5.91 Å². The molecule has 0 radical (unpaired) electrons. The van der Waals surface area contributed by atoms with Gasteiger partial charge in [0.15, 0.2) is 11.6 Å². The molecule has 1 amide bonds. The molecule has 98 valence electrons. The molecule has 0 aromatic heterocycles. The van der Waals surface area contributed by atoms with Gasteiger partial charge in [0, 0.05) is 25.1 Å². The Bertz CT molecular complexity index is 481. The molecule has 2 rings (SSSR count). The SMILES string of the molecule is COc1cc(OC)c(N2CC(Cl)CC2=O)cc1F. The largest absolute Gasteiger partial charge is 0.494 e. The van der Waals surface area contributed by atoms with Crippen LogP contribution in [-0.2, 0) is 4.79 Å². The maximum absolute atomic E-state index is 13.7. The van der Waals surface area contributed by atoms with Crippen LogP contribution in [0.2, 0.25) is 0 Å². The average molecular weight is 274 g/mol. The van der Waals surface area contributed by atoms with E-state index in [2.05, 4.69) is 0 Å². The fraction of sp³-hybridized carbons (Fsp3) is 0.417. The van der Waals surface area contributed by atoms with E-state index in [0.29, 0.717) is 18.0 Å². The first kappa shape index (κ1) is 13.0. The van der Waals surface area contributed by atoms with Crippen LogP contribution in [0.25, 0.3) is 0 Å². The van der Waals surface area contributed by atoms with E-state index in [-0.39, 0.29) is 23.5 Å². The lowest BCUT2D eigenvalue weighted by molar-refractivity contribution is -0.117. The van der Waals surface area contributed by atoms with Crippen molar-refractivity contribution in [3.8, 4) is 11.5 Å². The number of anilines is 1. The lowest BCUT2D eigenvalue weighted by Gasteiger charge is -2.20. The predicted octanol–water partition coefficient (Wildman–Crippen LogP) is 2.19. The molecule has 1 unspecified atom stereocenters. The van der Waals surface area contributed by atoms with Crippen molar-refractivity contribution in [3.63, 3.8) is 0 Å². The van der Waals surface area contributed by atoms with E-state index in [1.165, 1.54) is 31.3 Å². The highest BCUT2D eigenvalue weighted by Gasteiger charge is 2.31. The van der Waals surface area contributed by atoms with Crippen molar-refractivity contribution in [2.45, 2.75) is 11.8 Å². The number of hydrogen-bond donors (Lipinski definition) is 0. The number of carbonyl (C=O) groups excluding carboxylic acids is 1. The summed E-state index contributed by atoms with van der Waals surface area (Å²) in [6.45, 7) is 0.350. The molecule has 1 aliphatic rings. The third-order valence-electron chi connectivity index (χ3n) is 2.82. The van der Waals surface area contributed by atoms with Gasteiger partial charge in [-0.25, -0.2) is 4.39 Å². The summed E-state index contributed by atoms with van der Waals surface area (Å²) < 4.78 is 23.7. The summed E-state index contributed by atoms with van der Waals surface area (Å²) in [6, 6.07) is 2.64. The summed E-state index contributed by atoms with van der Waals surface area (Å²) in [4.78, 5) is 13.2. The molecule has 1 fully saturated rings. The lowest BCUT2D eigenvalue weighted by atomic mass is 10.2. The number of rotatable bonds is 3. The van der Waals surface area contributed by atoms with Crippen molar-refractivity contribution in [1.82, 2.24) is 0 Å². The number of carbonyl (C=O) groups is 1. The van der Waals surface area contributed by atoms with E-state index in [0.717, 1.165) is 0 Å². The smallest absolute Gasteiger partial charge is 0.228 e. The van der Waals surface area contributed by atoms with Crippen LogP contribution in [0, 0.1) is 5.82 Å². The molecular formula is C12H13ClFNO3. The van der Waals surface area contributed by atoms with Gasteiger partial charge in [-0.1, -0.05) is 0 Å². The number of halogens is 2. The number of hydrogen-bond acceptors (Lipinski definition) is 3. The van der Waals surface area contributed by atoms with E-state index in [9.17, 15) is 9.18 Å². The van der Waals surface area contributed by atoms with Gasteiger partial charge in [0.25, 0.3) is 0 Å². The Kier molecular flexibility index (Phi) is 3.61. The second-order valence-corrected chi connectivity index (χ2v) is 4.58. The van der Waals surface area contributed by atoms with E-state index < -0.39 is 5.82 Å². The normalized spacial score (nSPS) is 19.2. The second-order valence-electron chi connectivity index (χ2n) is 3.96. The van der Waals surface area contributed by atoms with Gasteiger partial charge in [0.1, 0.15) is 5.75 Å². The molecule has 1 saturated heterocycles. The Morgan fingerprint density at radius 1 is 1.33 bits per heavy atom. The molecule has 0 N–H and O–H groups in total. The van der Waals surface area contributed by atoms with Crippen molar-refractivity contribution in [2.24, 2.45) is 0 Å². The van der Waals surface area contributed by atoms with Crippen LogP contribution in [-0.4, -0.2) is 32.0 Å². The van der Waals surface area contributed by atoms with Crippen molar-refractivity contribution >= 4 is 23.2 Å². The fourth-order valence-electron chi connectivity index (χ4n) is 1.95. The lowest BCUT2D eigenvalue weighted by Crippen LogP contribution is -2.25. The fourth-order valence-corrected chi connectivity index (χ4v) is 2.22. The third-order valence-corrected chi connectivity index (χ3v) is 3.11. The van der Waals surface area contributed by atoms with Crippen LogP contribution in [0.3, 0.4) is 0 Å². The number of nitrogens with zero attached hydrogens (tertiary/aromatic N) is 1. The topological polar surface area (TPSA) is 38.8 Å². The maximum atomic E-state index is 13.7. The molecule has 0 spiro atoms. The first-order valence-electron chi connectivity index (χ1n) is 5.42. The summed E-state index contributed by atoms with van der Waals surface area (Å²) in [7, 11) is 2.82.